The Hall–Kier alpha value is -9.47. The number of fused-ring (bicyclic) bond motifs is 2. The molecule has 0 fully saturated rings. The molecule has 5 N–H and O–H groups in total. The first-order chi connectivity index (χ1) is 48.5. The molecule has 540 valence electrons. The summed E-state index contributed by atoms with van der Waals surface area (Å²) in [4.78, 5) is 74.5. The number of aryl methyl sites for hydroxylation is 1. The molecule has 8 aromatic carbocycles. The number of rotatable bonds is 16. The highest BCUT2D eigenvalue weighted by Crippen LogP contribution is 2.34. The maximum Gasteiger partial charge on any atom is 0.335 e. The van der Waals surface area contributed by atoms with Crippen molar-refractivity contribution in [3.8, 4) is 17.1 Å². The number of aromatic carboxylic acids is 1. The van der Waals surface area contributed by atoms with Crippen molar-refractivity contribution in [1.82, 2.24) is 9.55 Å². The van der Waals surface area contributed by atoms with Crippen LogP contribution >= 0.6 is 112 Å². The van der Waals surface area contributed by atoms with Gasteiger partial charge in [0.1, 0.15) is 22.2 Å². The molecule has 0 radical (unpaired) electrons. The van der Waals surface area contributed by atoms with Crippen molar-refractivity contribution in [2.75, 3.05) is 40.9 Å². The minimum Gasteiger partial charge on any atom is -0.478 e. The van der Waals surface area contributed by atoms with Gasteiger partial charge in [-0.15, -0.1) is 0 Å². The van der Waals surface area contributed by atoms with E-state index < -0.39 is 38.8 Å². The normalized spacial score (nSPS) is 10.6. The van der Waals surface area contributed by atoms with Crippen molar-refractivity contribution in [2.24, 2.45) is 4.99 Å². The molecule has 34 heteroatoms. The molecular weight excluding hydrogens is 1800 g/mol. The lowest BCUT2D eigenvalue weighted by Gasteiger charge is -2.19. The van der Waals surface area contributed by atoms with Gasteiger partial charge in [-0.2, -0.15) is 29.6 Å². The second-order valence-corrected chi connectivity index (χ2v) is 26.2. The molecule has 0 saturated heterocycles. The number of aromatic nitrogens is 2. The number of carbonyl (C=O) groups is 2. The van der Waals surface area contributed by atoms with Crippen LogP contribution < -0.4 is 21.3 Å². The Balaban J connectivity index is 0.000000413. The van der Waals surface area contributed by atoms with Crippen molar-refractivity contribution < 1.29 is 43.2 Å². The SMILES string of the molecule is C.CCCN1C(=NC(=O)c2cccc(C#N)c2)Cc2cc(Br)ccc21.CCCNc1ccc(Br)cc1[N+](=O)[O-].CCCNc1ccc(Br)cc1[N+](=O)[O-].CCCn1c(N)nc2cc(Br)ccc21.N#CBr.N#Cc1cccc(C(=O)O)c1.O=[N+]([O-])c1cc(Br)ccc1F.O=[N+]([O-])c1cc(Br)ccc1F. The summed E-state index contributed by atoms with van der Waals surface area (Å²) in [5, 5.41) is 80.7. The molecule has 10 rings (SSSR count). The summed E-state index contributed by atoms with van der Waals surface area (Å²) in [7, 11) is 0. The fourth-order valence-electron chi connectivity index (χ4n) is 8.52. The average Bonchev–Trinajstić information content (AvgIpc) is 1.66. The molecule has 0 unspecified atom stereocenters. The van der Waals surface area contributed by atoms with Gasteiger partial charge < -0.3 is 30.9 Å². The lowest BCUT2D eigenvalue weighted by molar-refractivity contribution is -0.387. The molecule has 0 atom stereocenters. The third-order valence-electron chi connectivity index (χ3n) is 13.0. The molecule has 0 saturated carbocycles. The van der Waals surface area contributed by atoms with Gasteiger partial charge in [-0.1, -0.05) is 143 Å². The number of nitro benzene ring substituents is 4. The van der Waals surface area contributed by atoms with Crippen molar-refractivity contribution >= 4 is 186 Å². The Bertz CT molecular complexity index is 4460. The standard InChI is InChI=1S/C19H16BrN3O.C10H12BrN3.2C9H11BrN2O2.C8H5NO2.2C6H3BrFNO2.CBrN.CH4/c1-2-8-23-17-7-6-16(20)10-15(17)11-18(23)22-19(24)14-5-3-4-13(9-14)12-21;1-2-5-14-9-4-3-7(11)6-8(9)13-10(14)12;2*1-2-5-11-8-4-3-7(10)6-9(8)12(13)14;9-5-6-2-1-3-7(4-6)8(10)11;2*7-4-1-2-5(8)6(3-4)9(10)11;2-1-3;/h3-7,9-10H,2,8,11H2,1H3;3-4,6H,2,5H2,1H3,(H2,12,13);2*3-4,6,11H,2,5H2,1H3;1-4H,(H,10,11);2*1-3H;;1H4. The first kappa shape index (κ1) is 89.6. The van der Waals surface area contributed by atoms with Crippen molar-refractivity contribution in [3.05, 3.63) is 264 Å². The first-order valence-corrected chi connectivity index (χ1v) is 35.4. The van der Waals surface area contributed by atoms with Crippen LogP contribution in [0.1, 0.15) is 98.2 Å². The van der Waals surface area contributed by atoms with Crippen LogP contribution in [0.5, 0.6) is 0 Å². The van der Waals surface area contributed by atoms with Gasteiger partial charge >= 0.3 is 17.3 Å². The van der Waals surface area contributed by atoms with Gasteiger partial charge in [0.15, 0.2) is 0 Å². The molecule has 0 bridgehead atoms. The topological polar surface area (TPSA) is 382 Å². The highest BCUT2D eigenvalue weighted by atomic mass is 79.9. The van der Waals surface area contributed by atoms with Gasteiger partial charge in [0, 0.05) is 111 Å². The number of nitrogens with zero attached hydrogens (tertiary/aromatic N) is 11. The highest BCUT2D eigenvalue weighted by molar-refractivity contribution is 9.12. The third kappa shape index (κ3) is 30.2. The van der Waals surface area contributed by atoms with Gasteiger partial charge in [-0.25, -0.2) is 9.78 Å². The fraction of sp³-hybridized carbons (Fsp3) is 0.203. The zero-order valence-corrected chi connectivity index (χ0v) is 65.4. The maximum absolute atomic E-state index is 12.6. The van der Waals surface area contributed by atoms with E-state index in [9.17, 15) is 58.8 Å². The lowest BCUT2D eigenvalue weighted by Crippen LogP contribution is -2.28. The van der Waals surface area contributed by atoms with E-state index in [-0.39, 0.29) is 40.1 Å². The van der Waals surface area contributed by atoms with E-state index in [2.05, 4.69) is 163 Å². The van der Waals surface area contributed by atoms with Gasteiger partial charge in [-0.05, 0) is 153 Å². The zero-order valence-electron chi connectivity index (χ0n) is 54.3. The Kier molecular flexibility index (Phi) is 40.8. The van der Waals surface area contributed by atoms with Gasteiger partial charge in [0.05, 0.1) is 59.6 Å². The minimum atomic E-state index is -1.01. The summed E-state index contributed by atoms with van der Waals surface area (Å²) >= 11 is 21.7. The third-order valence-corrected chi connectivity index (χ3v) is 15.9. The number of hydrogen-bond donors (Lipinski definition) is 4. The van der Waals surface area contributed by atoms with Crippen LogP contribution in [0.2, 0.25) is 0 Å². The van der Waals surface area contributed by atoms with E-state index in [1.54, 1.807) is 65.6 Å². The van der Waals surface area contributed by atoms with Crippen LogP contribution in [0.3, 0.4) is 0 Å². The number of nitriles is 3. The largest absolute Gasteiger partial charge is 0.478 e. The smallest absolute Gasteiger partial charge is 0.335 e. The van der Waals surface area contributed by atoms with Crippen LogP contribution in [-0.4, -0.2) is 71.7 Å². The number of hydrogen-bond acceptors (Lipinski definition) is 17. The monoisotopic (exact) mass is 1860 g/mol. The van der Waals surface area contributed by atoms with Crippen molar-refractivity contribution in [3.63, 3.8) is 0 Å². The molecule has 0 spiro atoms. The van der Waals surface area contributed by atoms with Crippen LogP contribution in [0.25, 0.3) is 11.0 Å². The number of halogens is 9. The summed E-state index contributed by atoms with van der Waals surface area (Å²) < 4.78 is 31.6. The number of amides is 1. The number of carbonyl (C=O) groups excluding carboxylic acids is 1. The molecular formula is C69H65Br7F2N14O11. The van der Waals surface area contributed by atoms with Crippen LogP contribution in [0.15, 0.2) is 190 Å². The Morgan fingerprint density at radius 3 is 1.39 bits per heavy atom. The number of nitrogens with one attached hydrogen (secondary N) is 2. The van der Waals surface area contributed by atoms with E-state index in [1.807, 2.05) is 54.8 Å². The number of carboxylic acids is 1. The van der Waals surface area contributed by atoms with Crippen LogP contribution in [-0.2, 0) is 13.0 Å². The summed E-state index contributed by atoms with van der Waals surface area (Å²) in [5.41, 5.74) is 11.9. The number of nitro groups is 4. The second-order valence-electron chi connectivity index (χ2n) is 20.4. The van der Waals surface area contributed by atoms with Crippen LogP contribution in [0, 0.1) is 85.0 Å². The Labute approximate surface area is 650 Å². The number of carboxylic acid groups (broad SMARTS) is 1. The predicted molar refractivity (Wildman–Crippen MR) is 421 cm³/mol. The fourth-order valence-corrected chi connectivity index (χ4v) is 10.7. The quantitative estimate of drug-likeness (QED) is 0.0515. The summed E-state index contributed by atoms with van der Waals surface area (Å²) in [6, 6.07) is 45.7. The molecule has 103 heavy (non-hydrogen) atoms. The average molecular weight is 1860 g/mol. The predicted octanol–water partition coefficient (Wildman–Crippen LogP) is 21.2. The maximum atomic E-state index is 12.6. The molecule has 1 aromatic heterocycles. The van der Waals surface area contributed by atoms with Crippen molar-refractivity contribution in [2.45, 2.75) is 73.8 Å². The second kappa shape index (κ2) is 46.9. The molecule has 1 aliphatic heterocycles. The zero-order chi connectivity index (χ0) is 76.2. The molecule has 25 nitrogen and oxygen atoms in total. The van der Waals surface area contributed by atoms with E-state index >= 15 is 0 Å². The molecule has 0 aliphatic carbocycles. The van der Waals surface area contributed by atoms with Gasteiger partial charge in [-0.3, -0.25) is 45.3 Å². The summed E-state index contributed by atoms with van der Waals surface area (Å²) in [5.74, 6) is -1.61. The van der Waals surface area contributed by atoms with E-state index in [1.165, 1.54) is 36.4 Å². The highest BCUT2D eigenvalue weighted by Gasteiger charge is 2.26. The van der Waals surface area contributed by atoms with Gasteiger partial charge in [0.2, 0.25) is 17.6 Å². The molecule has 1 aliphatic rings. The molecule has 9 aromatic rings. The number of benzene rings is 8. The minimum absolute atomic E-state index is 0. The van der Waals surface area contributed by atoms with E-state index in [0.29, 0.717) is 58.3 Å². The number of imidazole rings is 1. The lowest BCUT2D eigenvalue weighted by atomic mass is 10.1. The Morgan fingerprint density at radius 2 is 0.971 bits per heavy atom. The van der Waals surface area contributed by atoms with Crippen molar-refractivity contribution in [1.29, 1.82) is 15.8 Å². The first-order valence-electron chi connectivity index (χ1n) is 29.9. The number of aliphatic imine (C=N–C) groups is 1. The molecule has 2 heterocycles. The number of amidine groups is 1. The van der Waals surface area contributed by atoms with Gasteiger partial charge in [0.25, 0.3) is 17.3 Å². The summed E-state index contributed by atoms with van der Waals surface area (Å²) in [6.07, 6.45) is 4.54. The van der Waals surface area contributed by atoms with Crippen LogP contribution in [0.4, 0.5) is 54.5 Å². The summed E-state index contributed by atoms with van der Waals surface area (Å²) in [6.45, 7) is 11.5. The van der Waals surface area contributed by atoms with E-state index in [0.717, 1.165) is 113 Å². The number of nitrogens with two attached hydrogens (primary N) is 1. The van der Waals surface area contributed by atoms with E-state index in [4.69, 9.17) is 26.6 Å². The molecule has 1 amide bonds. The number of nitrogen functional groups attached to an aromatic ring is 1. The Morgan fingerprint density at radius 1 is 0.573 bits per heavy atom. The number of anilines is 4.